The van der Waals surface area contributed by atoms with Crippen LogP contribution in [0.3, 0.4) is 0 Å². The molecular formula is C53H88O6. The van der Waals surface area contributed by atoms with E-state index in [0.29, 0.717) is 19.3 Å². The molecule has 0 rings (SSSR count). The lowest BCUT2D eigenvalue weighted by molar-refractivity contribution is -0.166. The Balaban J connectivity index is 4.55. The van der Waals surface area contributed by atoms with E-state index >= 15 is 0 Å². The van der Waals surface area contributed by atoms with Crippen molar-refractivity contribution in [2.45, 2.75) is 219 Å². The Labute approximate surface area is 363 Å². The zero-order valence-corrected chi connectivity index (χ0v) is 38.2. The molecule has 6 heteroatoms. The number of allylic oxidation sites excluding steroid dienone is 14. The second-order valence-electron chi connectivity index (χ2n) is 15.7. The molecule has 336 valence electrons. The first kappa shape index (κ1) is 55.6. The van der Waals surface area contributed by atoms with Gasteiger partial charge in [0.05, 0.1) is 0 Å². The Bertz CT molecular complexity index is 1170. The summed E-state index contributed by atoms with van der Waals surface area (Å²) in [5.74, 6) is -1.06. The average Bonchev–Trinajstić information content (AvgIpc) is 3.23. The number of esters is 3. The highest BCUT2D eigenvalue weighted by atomic mass is 16.6. The molecule has 1 unspecified atom stereocenters. The molecule has 0 saturated carbocycles. The zero-order valence-electron chi connectivity index (χ0n) is 38.2. The SMILES string of the molecule is CCCC/C=C\CCCCCCCC(=O)OCC(COC(=O)CCC/C=C\C/C=C\C/C=C\C/C=C\CCCCC)OC(=O)CC/C=C\C/C=C\CCCCCCCC. The third-order valence-corrected chi connectivity index (χ3v) is 9.86. The number of rotatable bonds is 42. The van der Waals surface area contributed by atoms with Crippen LogP contribution in [0.5, 0.6) is 0 Å². The minimum Gasteiger partial charge on any atom is -0.462 e. The van der Waals surface area contributed by atoms with Crippen LogP contribution in [0.15, 0.2) is 85.1 Å². The number of hydrogen-bond donors (Lipinski definition) is 0. The highest BCUT2D eigenvalue weighted by Gasteiger charge is 2.19. The van der Waals surface area contributed by atoms with Gasteiger partial charge in [0.15, 0.2) is 6.10 Å². The molecule has 59 heavy (non-hydrogen) atoms. The lowest BCUT2D eigenvalue weighted by atomic mass is 10.1. The fourth-order valence-electron chi connectivity index (χ4n) is 6.17. The van der Waals surface area contributed by atoms with Crippen molar-refractivity contribution in [3.05, 3.63) is 85.1 Å². The number of unbranched alkanes of at least 4 members (excludes halogenated alkanes) is 17. The van der Waals surface area contributed by atoms with Crippen LogP contribution in [0.25, 0.3) is 0 Å². The van der Waals surface area contributed by atoms with Crippen molar-refractivity contribution in [3.63, 3.8) is 0 Å². The fourth-order valence-corrected chi connectivity index (χ4v) is 6.17. The molecule has 0 saturated heterocycles. The van der Waals surface area contributed by atoms with Gasteiger partial charge in [-0.15, -0.1) is 0 Å². The molecule has 0 aromatic heterocycles. The van der Waals surface area contributed by atoms with Crippen LogP contribution < -0.4 is 0 Å². The van der Waals surface area contributed by atoms with E-state index in [1.165, 1.54) is 89.9 Å². The Morgan fingerprint density at radius 1 is 0.339 bits per heavy atom. The Hall–Kier alpha value is -3.41. The van der Waals surface area contributed by atoms with Crippen molar-refractivity contribution in [1.82, 2.24) is 0 Å². The van der Waals surface area contributed by atoms with Gasteiger partial charge in [0.2, 0.25) is 0 Å². The van der Waals surface area contributed by atoms with Gasteiger partial charge in [-0.1, -0.05) is 183 Å². The molecule has 0 spiro atoms. The second kappa shape index (κ2) is 47.3. The summed E-state index contributed by atoms with van der Waals surface area (Å²) in [6.07, 6.45) is 60.1. The van der Waals surface area contributed by atoms with E-state index in [1.807, 2.05) is 6.08 Å². The van der Waals surface area contributed by atoms with Gasteiger partial charge in [-0.05, 0) is 96.3 Å². The van der Waals surface area contributed by atoms with Crippen LogP contribution in [0.1, 0.15) is 213 Å². The molecule has 1 atom stereocenters. The van der Waals surface area contributed by atoms with E-state index in [9.17, 15) is 14.4 Å². The molecule has 0 radical (unpaired) electrons. The number of ether oxygens (including phenoxy) is 3. The first-order chi connectivity index (χ1) is 29.0. The fraction of sp³-hybridized carbons (Fsp3) is 0.679. The van der Waals surface area contributed by atoms with Crippen molar-refractivity contribution < 1.29 is 28.6 Å². The van der Waals surface area contributed by atoms with Gasteiger partial charge in [0.1, 0.15) is 13.2 Å². The van der Waals surface area contributed by atoms with Gasteiger partial charge < -0.3 is 14.2 Å². The van der Waals surface area contributed by atoms with Crippen molar-refractivity contribution in [1.29, 1.82) is 0 Å². The van der Waals surface area contributed by atoms with Gasteiger partial charge in [-0.2, -0.15) is 0 Å². The van der Waals surface area contributed by atoms with Gasteiger partial charge in [0, 0.05) is 19.3 Å². The molecule has 0 aliphatic rings. The summed E-state index contributed by atoms with van der Waals surface area (Å²) in [6.45, 7) is 6.44. The van der Waals surface area contributed by atoms with Crippen LogP contribution >= 0.6 is 0 Å². The average molecular weight is 821 g/mol. The van der Waals surface area contributed by atoms with Crippen LogP contribution in [-0.4, -0.2) is 37.2 Å². The molecule has 0 N–H and O–H groups in total. The summed E-state index contributed by atoms with van der Waals surface area (Å²) < 4.78 is 16.6. The highest BCUT2D eigenvalue weighted by Crippen LogP contribution is 2.11. The van der Waals surface area contributed by atoms with Crippen molar-refractivity contribution in [3.8, 4) is 0 Å². The molecule has 6 nitrogen and oxygen atoms in total. The van der Waals surface area contributed by atoms with Gasteiger partial charge in [-0.3, -0.25) is 14.4 Å². The molecule has 0 aromatic rings. The summed E-state index contributed by atoms with van der Waals surface area (Å²) >= 11 is 0. The third-order valence-electron chi connectivity index (χ3n) is 9.86. The minimum atomic E-state index is -0.830. The van der Waals surface area contributed by atoms with Gasteiger partial charge >= 0.3 is 17.9 Å². The summed E-state index contributed by atoms with van der Waals surface area (Å²) in [6, 6.07) is 0. The summed E-state index contributed by atoms with van der Waals surface area (Å²) in [5.41, 5.74) is 0. The number of carbonyl (C=O) groups excluding carboxylic acids is 3. The van der Waals surface area contributed by atoms with E-state index in [-0.39, 0.29) is 38.0 Å². The first-order valence-corrected chi connectivity index (χ1v) is 24.1. The predicted molar refractivity (Wildman–Crippen MR) is 251 cm³/mol. The van der Waals surface area contributed by atoms with Crippen molar-refractivity contribution in [2.75, 3.05) is 13.2 Å². The van der Waals surface area contributed by atoms with E-state index in [2.05, 4.69) is 99.8 Å². The third kappa shape index (κ3) is 45.5. The lowest BCUT2D eigenvalue weighted by Crippen LogP contribution is -2.30. The molecule has 0 aliphatic carbocycles. The molecule has 0 bridgehead atoms. The maximum Gasteiger partial charge on any atom is 0.306 e. The Kier molecular flexibility index (Phi) is 44.5. The minimum absolute atomic E-state index is 0.121. The maximum atomic E-state index is 12.7. The standard InChI is InChI=1S/C53H88O6/c1-4-7-10-13-16-19-22-24-25-26-27-29-31-34-37-40-43-46-52(55)58-49-50(48-57-51(54)45-42-39-36-33-30-21-18-15-12-9-6-3)59-53(56)47-44-41-38-35-32-28-23-20-17-14-11-8-5-2/h15-16,18-19,24-25,27-29,32,34,37-38,41,50H,4-14,17,20-23,26,30-31,33,35-36,39-40,42-49H2,1-3H3/b18-15-,19-16-,25-24-,29-27-,32-28-,37-34-,41-38-. The molecule has 0 aromatic carbocycles. The quantitative estimate of drug-likeness (QED) is 0.0264. The predicted octanol–water partition coefficient (Wildman–Crippen LogP) is 15.6. The normalized spacial score (nSPS) is 12.8. The number of hydrogen-bond acceptors (Lipinski definition) is 6. The van der Waals surface area contributed by atoms with E-state index in [4.69, 9.17) is 14.2 Å². The highest BCUT2D eigenvalue weighted by molar-refractivity contribution is 5.71. The zero-order chi connectivity index (χ0) is 43.0. The van der Waals surface area contributed by atoms with Crippen LogP contribution in [0.4, 0.5) is 0 Å². The second-order valence-corrected chi connectivity index (χ2v) is 15.7. The maximum absolute atomic E-state index is 12.7. The topological polar surface area (TPSA) is 78.9 Å². The van der Waals surface area contributed by atoms with E-state index < -0.39 is 12.1 Å². The van der Waals surface area contributed by atoms with E-state index in [1.54, 1.807) is 0 Å². The summed E-state index contributed by atoms with van der Waals surface area (Å²) in [5, 5.41) is 0. The molecule has 0 fully saturated rings. The number of carbonyl (C=O) groups is 3. The monoisotopic (exact) mass is 821 g/mol. The van der Waals surface area contributed by atoms with Crippen LogP contribution in [-0.2, 0) is 28.6 Å². The Morgan fingerprint density at radius 2 is 0.678 bits per heavy atom. The molecule has 0 heterocycles. The molecule has 0 aliphatic heterocycles. The molecule has 0 amide bonds. The van der Waals surface area contributed by atoms with Gasteiger partial charge in [0.25, 0.3) is 0 Å². The molecular weight excluding hydrogens is 733 g/mol. The van der Waals surface area contributed by atoms with Gasteiger partial charge in [-0.25, -0.2) is 0 Å². The van der Waals surface area contributed by atoms with Crippen LogP contribution in [0, 0.1) is 0 Å². The van der Waals surface area contributed by atoms with Crippen LogP contribution in [0.2, 0.25) is 0 Å². The first-order valence-electron chi connectivity index (χ1n) is 24.1. The van der Waals surface area contributed by atoms with Crippen molar-refractivity contribution in [2.24, 2.45) is 0 Å². The van der Waals surface area contributed by atoms with E-state index in [0.717, 1.165) is 70.6 Å². The Morgan fingerprint density at radius 3 is 1.19 bits per heavy atom. The summed E-state index contributed by atoms with van der Waals surface area (Å²) in [7, 11) is 0. The summed E-state index contributed by atoms with van der Waals surface area (Å²) in [4.78, 5) is 37.7. The lowest BCUT2D eigenvalue weighted by Gasteiger charge is -2.18. The smallest absolute Gasteiger partial charge is 0.306 e. The largest absolute Gasteiger partial charge is 0.462 e. The van der Waals surface area contributed by atoms with Crippen molar-refractivity contribution >= 4 is 17.9 Å².